The summed E-state index contributed by atoms with van der Waals surface area (Å²) >= 11 is 1.91. The first-order valence-electron chi connectivity index (χ1n) is 6.49. The second-order valence-corrected chi connectivity index (χ2v) is 5.34. The number of rotatable bonds is 8. The minimum absolute atomic E-state index is 0.0584. The molecule has 0 saturated heterocycles. The average Bonchev–Trinajstić information content (AvgIpc) is 2.77. The second-order valence-electron chi connectivity index (χ2n) is 4.09. The van der Waals surface area contributed by atoms with E-state index in [1.54, 1.807) is 0 Å². The molecule has 0 aliphatic heterocycles. The van der Waals surface area contributed by atoms with E-state index in [4.69, 9.17) is 4.74 Å². The molecule has 0 bridgehead atoms. The van der Waals surface area contributed by atoms with Crippen molar-refractivity contribution < 1.29 is 9.53 Å². The lowest BCUT2D eigenvalue weighted by molar-refractivity contribution is -0.143. The van der Waals surface area contributed by atoms with Crippen molar-refractivity contribution in [1.29, 1.82) is 0 Å². The monoisotopic (exact) mass is 254 g/mol. The summed E-state index contributed by atoms with van der Waals surface area (Å²) < 4.78 is 4.89. The highest BCUT2D eigenvalue weighted by atomic mass is 32.1. The van der Waals surface area contributed by atoms with Crippen molar-refractivity contribution in [2.45, 2.75) is 52.4 Å². The number of aryl methyl sites for hydroxylation is 2. The van der Waals surface area contributed by atoms with Crippen LogP contribution in [-0.4, -0.2) is 12.6 Å². The Morgan fingerprint density at radius 1 is 1.18 bits per heavy atom. The van der Waals surface area contributed by atoms with Gasteiger partial charge in [0.2, 0.25) is 0 Å². The van der Waals surface area contributed by atoms with Crippen LogP contribution in [0.5, 0.6) is 0 Å². The lowest BCUT2D eigenvalue weighted by atomic mass is 10.1. The van der Waals surface area contributed by atoms with E-state index in [1.165, 1.54) is 16.2 Å². The number of carbonyl (C=O) groups excluding carboxylic acids is 1. The largest absolute Gasteiger partial charge is 0.466 e. The van der Waals surface area contributed by atoms with Gasteiger partial charge >= 0.3 is 5.97 Å². The van der Waals surface area contributed by atoms with Crippen molar-refractivity contribution in [3.63, 3.8) is 0 Å². The molecule has 1 aromatic heterocycles. The van der Waals surface area contributed by atoms with Gasteiger partial charge in [-0.05, 0) is 44.7 Å². The van der Waals surface area contributed by atoms with Crippen LogP contribution >= 0.6 is 11.3 Å². The van der Waals surface area contributed by atoms with Gasteiger partial charge in [-0.15, -0.1) is 11.3 Å². The zero-order valence-electron chi connectivity index (χ0n) is 10.8. The summed E-state index contributed by atoms with van der Waals surface area (Å²) in [5.74, 6) is -0.0584. The number of ether oxygens (including phenoxy) is 1. The molecular weight excluding hydrogens is 232 g/mol. The van der Waals surface area contributed by atoms with Crippen molar-refractivity contribution in [3.05, 3.63) is 21.9 Å². The highest BCUT2D eigenvalue weighted by Crippen LogP contribution is 2.19. The van der Waals surface area contributed by atoms with Gasteiger partial charge in [0.25, 0.3) is 0 Å². The lowest BCUT2D eigenvalue weighted by Gasteiger charge is -2.01. The number of thiophene rings is 1. The molecular formula is C14H22O2S. The molecule has 0 radical (unpaired) electrons. The fraction of sp³-hybridized carbons (Fsp3) is 0.643. The van der Waals surface area contributed by atoms with Crippen LogP contribution in [0, 0.1) is 0 Å². The van der Waals surface area contributed by atoms with Crippen molar-refractivity contribution in [2.75, 3.05) is 6.61 Å². The molecule has 1 rings (SSSR count). The predicted octanol–water partition coefficient (Wildman–Crippen LogP) is 3.98. The number of hydrogen-bond acceptors (Lipinski definition) is 3. The average molecular weight is 254 g/mol. The maximum atomic E-state index is 11.1. The van der Waals surface area contributed by atoms with Crippen molar-refractivity contribution in [2.24, 2.45) is 0 Å². The van der Waals surface area contributed by atoms with E-state index in [2.05, 4.69) is 19.1 Å². The van der Waals surface area contributed by atoms with Crippen LogP contribution in [0.25, 0.3) is 0 Å². The van der Waals surface area contributed by atoms with Gasteiger partial charge < -0.3 is 4.74 Å². The minimum Gasteiger partial charge on any atom is -0.466 e. The molecule has 0 spiro atoms. The van der Waals surface area contributed by atoms with Gasteiger partial charge in [-0.2, -0.15) is 0 Å². The Hall–Kier alpha value is -0.830. The summed E-state index contributed by atoms with van der Waals surface area (Å²) in [5.41, 5.74) is 0. The topological polar surface area (TPSA) is 26.3 Å². The summed E-state index contributed by atoms with van der Waals surface area (Å²) in [5, 5.41) is 0. The zero-order valence-corrected chi connectivity index (χ0v) is 11.6. The third kappa shape index (κ3) is 5.87. The second kappa shape index (κ2) is 8.29. The number of unbranched alkanes of at least 4 members (excludes halogenated alkanes) is 2. The lowest BCUT2D eigenvalue weighted by Crippen LogP contribution is -2.03. The molecule has 3 heteroatoms. The van der Waals surface area contributed by atoms with E-state index in [0.29, 0.717) is 13.0 Å². The highest BCUT2D eigenvalue weighted by molar-refractivity contribution is 7.11. The molecule has 17 heavy (non-hydrogen) atoms. The fourth-order valence-electron chi connectivity index (χ4n) is 1.73. The smallest absolute Gasteiger partial charge is 0.305 e. The molecule has 0 saturated carbocycles. The van der Waals surface area contributed by atoms with Crippen LogP contribution in [0.15, 0.2) is 12.1 Å². The van der Waals surface area contributed by atoms with Crippen molar-refractivity contribution >= 4 is 17.3 Å². The molecule has 0 aromatic carbocycles. The third-order valence-electron chi connectivity index (χ3n) is 2.68. The quantitative estimate of drug-likeness (QED) is 0.518. The summed E-state index contributed by atoms with van der Waals surface area (Å²) in [7, 11) is 0. The Balaban J connectivity index is 2.06. The van der Waals surface area contributed by atoms with Crippen LogP contribution in [0.2, 0.25) is 0 Å². The Bertz CT molecular complexity index is 331. The van der Waals surface area contributed by atoms with Crippen LogP contribution in [0.3, 0.4) is 0 Å². The number of carbonyl (C=O) groups is 1. The Morgan fingerprint density at radius 3 is 2.59 bits per heavy atom. The van der Waals surface area contributed by atoms with Gasteiger partial charge in [0, 0.05) is 16.2 Å². The van der Waals surface area contributed by atoms with Gasteiger partial charge in [0.15, 0.2) is 0 Å². The van der Waals surface area contributed by atoms with Gasteiger partial charge in [0.05, 0.1) is 6.61 Å². The molecule has 0 aliphatic rings. The standard InChI is InChI=1S/C14H22O2S/c1-3-12-10-11-13(17-12)8-6-5-7-9-14(15)16-4-2/h10-11H,3-9H2,1-2H3. The van der Waals surface area contributed by atoms with E-state index < -0.39 is 0 Å². The Morgan fingerprint density at radius 2 is 1.94 bits per heavy atom. The Kier molecular flexibility index (Phi) is 6.94. The van der Waals surface area contributed by atoms with Gasteiger partial charge in [0.1, 0.15) is 0 Å². The molecule has 1 aromatic rings. The minimum atomic E-state index is -0.0584. The third-order valence-corrected chi connectivity index (χ3v) is 3.96. The van der Waals surface area contributed by atoms with Crippen molar-refractivity contribution in [3.8, 4) is 0 Å². The van der Waals surface area contributed by atoms with E-state index >= 15 is 0 Å². The molecule has 0 amide bonds. The summed E-state index contributed by atoms with van der Waals surface area (Å²) in [4.78, 5) is 14.0. The van der Waals surface area contributed by atoms with Crippen molar-refractivity contribution in [1.82, 2.24) is 0 Å². The summed E-state index contributed by atoms with van der Waals surface area (Å²) in [6.45, 7) is 4.53. The van der Waals surface area contributed by atoms with E-state index in [9.17, 15) is 4.79 Å². The fourth-order valence-corrected chi connectivity index (χ4v) is 2.72. The zero-order chi connectivity index (χ0) is 12.5. The maximum Gasteiger partial charge on any atom is 0.305 e. The Labute approximate surface area is 108 Å². The molecule has 0 aliphatic carbocycles. The first-order chi connectivity index (χ1) is 8.26. The first-order valence-corrected chi connectivity index (χ1v) is 7.31. The van der Waals surface area contributed by atoms with Crippen LogP contribution < -0.4 is 0 Å². The van der Waals surface area contributed by atoms with Gasteiger partial charge in [-0.25, -0.2) is 0 Å². The number of hydrogen-bond donors (Lipinski definition) is 0. The summed E-state index contributed by atoms with van der Waals surface area (Å²) in [6, 6.07) is 4.45. The molecule has 0 N–H and O–H groups in total. The van der Waals surface area contributed by atoms with Crippen LogP contribution in [0.1, 0.15) is 49.3 Å². The molecule has 1 heterocycles. The predicted molar refractivity (Wildman–Crippen MR) is 72.5 cm³/mol. The molecule has 0 unspecified atom stereocenters. The molecule has 96 valence electrons. The normalized spacial score (nSPS) is 10.5. The van der Waals surface area contributed by atoms with Gasteiger partial charge in [-0.3, -0.25) is 4.79 Å². The highest BCUT2D eigenvalue weighted by Gasteiger charge is 2.02. The van der Waals surface area contributed by atoms with Gasteiger partial charge in [-0.1, -0.05) is 13.3 Å². The van der Waals surface area contributed by atoms with E-state index in [1.807, 2.05) is 18.3 Å². The number of esters is 1. The SMILES string of the molecule is CCOC(=O)CCCCCc1ccc(CC)s1. The van der Waals surface area contributed by atoms with E-state index in [0.717, 1.165) is 25.7 Å². The first kappa shape index (κ1) is 14.2. The van der Waals surface area contributed by atoms with Crippen LogP contribution in [0.4, 0.5) is 0 Å². The maximum absolute atomic E-state index is 11.1. The summed E-state index contributed by atoms with van der Waals surface area (Å²) in [6.07, 6.45) is 6.07. The molecule has 0 atom stereocenters. The van der Waals surface area contributed by atoms with Crippen LogP contribution in [-0.2, 0) is 22.4 Å². The molecule has 0 fully saturated rings. The molecule has 2 nitrogen and oxygen atoms in total. The van der Waals surface area contributed by atoms with E-state index in [-0.39, 0.29) is 5.97 Å².